The van der Waals surface area contributed by atoms with Gasteiger partial charge in [-0.05, 0) is 26.0 Å². The summed E-state index contributed by atoms with van der Waals surface area (Å²) in [5.74, 6) is 1.70. The van der Waals surface area contributed by atoms with Crippen LogP contribution in [0.25, 0.3) is 0 Å². The first-order valence-electron chi connectivity index (χ1n) is 8.14. The molecule has 1 aromatic carbocycles. The van der Waals surface area contributed by atoms with E-state index in [9.17, 15) is 9.59 Å². The van der Waals surface area contributed by atoms with Crippen molar-refractivity contribution in [1.29, 1.82) is 0 Å². The van der Waals surface area contributed by atoms with Crippen molar-refractivity contribution in [2.45, 2.75) is 26.3 Å². The fourth-order valence-corrected chi connectivity index (χ4v) is 2.86. The number of amides is 2. The van der Waals surface area contributed by atoms with Gasteiger partial charge in [-0.25, -0.2) is 0 Å². The van der Waals surface area contributed by atoms with Crippen LogP contribution in [-0.4, -0.2) is 49.2 Å². The van der Waals surface area contributed by atoms with Crippen molar-refractivity contribution >= 4 is 11.8 Å². The molecule has 0 saturated carbocycles. The fourth-order valence-electron chi connectivity index (χ4n) is 2.86. The summed E-state index contributed by atoms with van der Waals surface area (Å²) in [7, 11) is 0. The number of hydrogen-bond donors (Lipinski definition) is 1. The molecule has 0 aliphatic carbocycles. The molecule has 3 rings (SSSR count). The minimum absolute atomic E-state index is 0.0433. The Balaban J connectivity index is 1.40. The van der Waals surface area contributed by atoms with Gasteiger partial charge in [-0.15, -0.1) is 0 Å². The summed E-state index contributed by atoms with van der Waals surface area (Å²) in [6.45, 7) is 5.36. The summed E-state index contributed by atoms with van der Waals surface area (Å²) in [4.78, 5) is 25.7. The van der Waals surface area contributed by atoms with Crippen LogP contribution in [0.1, 0.15) is 20.3 Å². The summed E-state index contributed by atoms with van der Waals surface area (Å²) >= 11 is 0. The Morgan fingerprint density at radius 3 is 2.92 bits per heavy atom. The van der Waals surface area contributed by atoms with Gasteiger partial charge < -0.3 is 24.4 Å². The van der Waals surface area contributed by atoms with Crippen molar-refractivity contribution in [3.8, 4) is 17.2 Å². The fraction of sp³-hybridized carbons (Fsp3) is 0.529. The number of hydrogen-bond acceptors (Lipinski definition) is 5. The van der Waals surface area contributed by atoms with Crippen LogP contribution in [0.5, 0.6) is 17.2 Å². The molecule has 0 bridgehead atoms. The molecule has 0 aromatic heterocycles. The second-order valence-corrected chi connectivity index (χ2v) is 6.20. The molecule has 2 heterocycles. The Bertz CT molecular complexity index is 631. The Labute approximate surface area is 140 Å². The van der Waals surface area contributed by atoms with Crippen LogP contribution < -0.4 is 19.5 Å². The van der Waals surface area contributed by atoms with Gasteiger partial charge >= 0.3 is 0 Å². The number of nitrogens with one attached hydrogen (secondary N) is 1. The molecule has 1 atom stereocenters. The maximum Gasteiger partial charge on any atom is 0.231 e. The second-order valence-electron chi connectivity index (χ2n) is 6.20. The van der Waals surface area contributed by atoms with Crippen LogP contribution in [0, 0.1) is 5.92 Å². The van der Waals surface area contributed by atoms with Crippen LogP contribution in [0.15, 0.2) is 18.2 Å². The zero-order valence-electron chi connectivity index (χ0n) is 13.9. The number of fused-ring (bicyclic) bond motifs is 1. The lowest BCUT2D eigenvalue weighted by Crippen LogP contribution is -2.36. The molecular formula is C17H22N2O5. The molecule has 1 fully saturated rings. The van der Waals surface area contributed by atoms with Crippen molar-refractivity contribution < 1.29 is 23.8 Å². The number of nitrogens with zero attached hydrogens (tertiary/aromatic N) is 1. The zero-order chi connectivity index (χ0) is 17.1. The lowest BCUT2D eigenvalue weighted by atomic mass is 10.1. The van der Waals surface area contributed by atoms with E-state index in [0.29, 0.717) is 36.9 Å². The highest BCUT2D eigenvalue weighted by Crippen LogP contribution is 2.34. The molecule has 24 heavy (non-hydrogen) atoms. The predicted octanol–water partition coefficient (Wildman–Crippen LogP) is 1.17. The molecule has 0 spiro atoms. The maximum absolute atomic E-state index is 12.1. The first kappa shape index (κ1) is 16.4. The Morgan fingerprint density at radius 2 is 2.17 bits per heavy atom. The van der Waals surface area contributed by atoms with E-state index in [1.165, 1.54) is 0 Å². The number of likely N-dealkylation sites (tertiary alicyclic amines) is 1. The van der Waals surface area contributed by atoms with Gasteiger partial charge in [0, 0.05) is 25.1 Å². The van der Waals surface area contributed by atoms with E-state index in [0.717, 1.165) is 0 Å². The van der Waals surface area contributed by atoms with Crippen LogP contribution in [0.2, 0.25) is 0 Å². The minimum Gasteiger partial charge on any atom is -0.492 e. The van der Waals surface area contributed by atoms with Crippen molar-refractivity contribution in [2.24, 2.45) is 5.92 Å². The van der Waals surface area contributed by atoms with Gasteiger partial charge in [-0.3, -0.25) is 9.59 Å². The summed E-state index contributed by atoms with van der Waals surface area (Å²) in [5.41, 5.74) is 0. The lowest BCUT2D eigenvalue weighted by molar-refractivity contribution is -0.129. The van der Waals surface area contributed by atoms with Crippen LogP contribution in [-0.2, 0) is 9.59 Å². The number of carbonyl (C=O) groups is 2. The lowest BCUT2D eigenvalue weighted by Gasteiger charge is -2.20. The average molecular weight is 334 g/mol. The van der Waals surface area contributed by atoms with Crippen LogP contribution in [0.4, 0.5) is 0 Å². The van der Waals surface area contributed by atoms with E-state index in [1.807, 2.05) is 13.8 Å². The highest BCUT2D eigenvalue weighted by atomic mass is 16.7. The third-order valence-electron chi connectivity index (χ3n) is 4.17. The molecule has 130 valence electrons. The van der Waals surface area contributed by atoms with Crippen LogP contribution >= 0.6 is 0 Å². The molecule has 1 saturated heterocycles. The van der Waals surface area contributed by atoms with E-state index < -0.39 is 0 Å². The number of benzene rings is 1. The molecule has 1 N–H and O–H groups in total. The first-order valence-corrected chi connectivity index (χ1v) is 8.14. The van der Waals surface area contributed by atoms with Gasteiger partial charge in [0.15, 0.2) is 11.5 Å². The summed E-state index contributed by atoms with van der Waals surface area (Å²) in [6.07, 6.45) is 0.285. The number of carbonyl (C=O) groups excluding carboxylic acids is 2. The molecule has 7 nitrogen and oxygen atoms in total. The molecule has 2 amide bonds. The van der Waals surface area contributed by atoms with Gasteiger partial charge in [0.1, 0.15) is 12.4 Å². The normalized spacial score (nSPS) is 19.0. The van der Waals surface area contributed by atoms with Crippen LogP contribution in [0.3, 0.4) is 0 Å². The van der Waals surface area contributed by atoms with Crippen molar-refractivity contribution in [2.75, 3.05) is 26.5 Å². The third kappa shape index (κ3) is 3.55. The predicted molar refractivity (Wildman–Crippen MR) is 86.0 cm³/mol. The minimum atomic E-state index is -0.273. The topological polar surface area (TPSA) is 77.1 Å². The summed E-state index contributed by atoms with van der Waals surface area (Å²) in [5, 5.41) is 2.83. The average Bonchev–Trinajstić information content (AvgIpc) is 3.17. The molecule has 0 radical (unpaired) electrons. The number of rotatable bonds is 6. The largest absolute Gasteiger partial charge is 0.492 e. The molecule has 7 heteroatoms. The summed E-state index contributed by atoms with van der Waals surface area (Å²) < 4.78 is 16.1. The van der Waals surface area contributed by atoms with E-state index >= 15 is 0 Å². The Morgan fingerprint density at radius 1 is 1.38 bits per heavy atom. The second kappa shape index (κ2) is 6.98. The Hall–Kier alpha value is -2.44. The molecule has 2 aliphatic heterocycles. The molecular weight excluding hydrogens is 312 g/mol. The standard InChI is InChI=1S/C17H22N2O5/c1-11(2)19-9-12(7-16(19)20)17(21)18-5-6-22-13-3-4-14-15(8-13)24-10-23-14/h3-4,8,11-12H,5-7,9-10H2,1-2H3,(H,18,21)/t12-/m1/s1. The molecule has 1 aromatic rings. The van der Waals surface area contributed by atoms with Gasteiger partial charge in [0.05, 0.1) is 12.5 Å². The SMILES string of the molecule is CC(C)N1C[C@H](C(=O)NCCOc2ccc3c(c2)OCO3)CC1=O. The number of ether oxygens (including phenoxy) is 3. The van der Waals surface area contributed by atoms with Gasteiger partial charge in [0.25, 0.3) is 0 Å². The highest BCUT2D eigenvalue weighted by Gasteiger charge is 2.35. The summed E-state index contributed by atoms with van der Waals surface area (Å²) in [6, 6.07) is 5.48. The van der Waals surface area contributed by atoms with Gasteiger partial charge in [0.2, 0.25) is 18.6 Å². The highest BCUT2D eigenvalue weighted by molar-refractivity contribution is 5.89. The van der Waals surface area contributed by atoms with Crippen molar-refractivity contribution in [1.82, 2.24) is 10.2 Å². The van der Waals surface area contributed by atoms with Gasteiger partial charge in [-0.2, -0.15) is 0 Å². The molecule has 2 aliphatic rings. The maximum atomic E-state index is 12.1. The van der Waals surface area contributed by atoms with E-state index in [-0.39, 0.29) is 37.0 Å². The Kier molecular flexibility index (Phi) is 4.78. The van der Waals surface area contributed by atoms with E-state index in [2.05, 4.69) is 5.32 Å². The third-order valence-corrected chi connectivity index (χ3v) is 4.17. The quantitative estimate of drug-likeness (QED) is 0.790. The monoisotopic (exact) mass is 334 g/mol. The van der Waals surface area contributed by atoms with Gasteiger partial charge in [-0.1, -0.05) is 0 Å². The van der Waals surface area contributed by atoms with E-state index in [4.69, 9.17) is 14.2 Å². The van der Waals surface area contributed by atoms with Crippen molar-refractivity contribution in [3.63, 3.8) is 0 Å². The smallest absolute Gasteiger partial charge is 0.231 e. The van der Waals surface area contributed by atoms with Crippen molar-refractivity contribution in [3.05, 3.63) is 18.2 Å². The van der Waals surface area contributed by atoms with E-state index in [1.54, 1.807) is 23.1 Å². The zero-order valence-corrected chi connectivity index (χ0v) is 13.9. The molecule has 0 unspecified atom stereocenters. The first-order chi connectivity index (χ1) is 11.5.